The van der Waals surface area contributed by atoms with Crippen LogP contribution in [0.4, 0.5) is 5.69 Å². The highest BCUT2D eigenvalue weighted by molar-refractivity contribution is 7.92. The van der Waals surface area contributed by atoms with Gasteiger partial charge in [-0.2, -0.15) is 0 Å². The Hall–Kier alpha value is -1.37. The first-order valence-corrected chi connectivity index (χ1v) is 7.39. The molecular formula is C11H9Cl2N3O2S. The van der Waals surface area contributed by atoms with Crippen molar-refractivity contribution >= 4 is 38.9 Å². The molecule has 0 amide bonds. The fourth-order valence-electron chi connectivity index (χ4n) is 1.36. The van der Waals surface area contributed by atoms with Gasteiger partial charge in [-0.05, 0) is 36.2 Å². The third kappa shape index (κ3) is 3.34. The zero-order valence-corrected chi connectivity index (χ0v) is 12.1. The smallest absolute Gasteiger partial charge is 0.265 e. The van der Waals surface area contributed by atoms with Crippen LogP contribution >= 0.6 is 23.2 Å². The number of nitrogens with one attached hydrogen (secondary N) is 1. The van der Waals surface area contributed by atoms with Crippen molar-refractivity contribution in [3.8, 4) is 0 Å². The minimum atomic E-state index is -3.79. The molecule has 0 radical (unpaired) electrons. The molecule has 2 rings (SSSR count). The summed E-state index contributed by atoms with van der Waals surface area (Å²) in [6.07, 6.45) is 2.25. The van der Waals surface area contributed by atoms with Crippen molar-refractivity contribution < 1.29 is 8.42 Å². The number of benzene rings is 1. The molecule has 0 atom stereocenters. The monoisotopic (exact) mass is 317 g/mol. The van der Waals surface area contributed by atoms with Gasteiger partial charge >= 0.3 is 0 Å². The summed E-state index contributed by atoms with van der Waals surface area (Å²) in [5, 5.41) is 0.289. The number of halogens is 2. The molecule has 100 valence electrons. The van der Waals surface area contributed by atoms with Crippen molar-refractivity contribution in [1.82, 2.24) is 9.97 Å². The summed E-state index contributed by atoms with van der Waals surface area (Å²) >= 11 is 11.4. The second kappa shape index (κ2) is 5.32. The first kappa shape index (κ1) is 14.0. The quantitative estimate of drug-likeness (QED) is 0.883. The topological polar surface area (TPSA) is 72.0 Å². The Morgan fingerprint density at radius 2 is 1.79 bits per heavy atom. The van der Waals surface area contributed by atoms with Crippen LogP contribution < -0.4 is 4.72 Å². The van der Waals surface area contributed by atoms with E-state index >= 15 is 0 Å². The molecule has 0 aliphatic carbocycles. The Kier molecular flexibility index (Phi) is 3.93. The van der Waals surface area contributed by atoms with E-state index < -0.39 is 10.0 Å². The molecule has 0 saturated heterocycles. The normalized spacial score (nSPS) is 11.3. The van der Waals surface area contributed by atoms with E-state index in [4.69, 9.17) is 23.2 Å². The van der Waals surface area contributed by atoms with Crippen LogP contribution in [-0.4, -0.2) is 18.4 Å². The highest BCUT2D eigenvalue weighted by Crippen LogP contribution is 2.25. The van der Waals surface area contributed by atoms with Crippen molar-refractivity contribution in [2.75, 3.05) is 4.72 Å². The number of nitrogens with zero attached hydrogens (tertiary/aromatic N) is 2. The van der Waals surface area contributed by atoms with Gasteiger partial charge in [-0.25, -0.2) is 18.4 Å². The van der Waals surface area contributed by atoms with E-state index in [0.29, 0.717) is 10.7 Å². The number of aryl methyl sites for hydroxylation is 1. The largest absolute Gasteiger partial charge is 0.278 e. The van der Waals surface area contributed by atoms with Crippen LogP contribution in [0.5, 0.6) is 0 Å². The van der Waals surface area contributed by atoms with E-state index in [-0.39, 0.29) is 10.2 Å². The van der Waals surface area contributed by atoms with Gasteiger partial charge in [0.15, 0.2) is 0 Å². The van der Waals surface area contributed by atoms with Crippen LogP contribution in [0.25, 0.3) is 0 Å². The van der Waals surface area contributed by atoms with Gasteiger partial charge in [-0.15, -0.1) is 0 Å². The number of anilines is 1. The SMILES string of the molecule is Cc1ccc(Cl)c(NS(=O)(=O)c2cnc(Cl)nc2)c1. The molecule has 19 heavy (non-hydrogen) atoms. The van der Waals surface area contributed by atoms with Gasteiger partial charge in [0.05, 0.1) is 23.1 Å². The lowest BCUT2D eigenvalue weighted by Crippen LogP contribution is -2.14. The lowest BCUT2D eigenvalue weighted by atomic mass is 10.2. The molecule has 0 unspecified atom stereocenters. The van der Waals surface area contributed by atoms with Crippen molar-refractivity contribution in [2.45, 2.75) is 11.8 Å². The van der Waals surface area contributed by atoms with Gasteiger partial charge in [-0.3, -0.25) is 4.72 Å². The summed E-state index contributed by atoms with van der Waals surface area (Å²) in [7, 11) is -3.79. The van der Waals surface area contributed by atoms with E-state index in [1.165, 1.54) is 0 Å². The van der Waals surface area contributed by atoms with Gasteiger partial charge in [0.2, 0.25) is 5.28 Å². The highest BCUT2D eigenvalue weighted by atomic mass is 35.5. The standard InChI is InChI=1S/C11H9Cl2N3O2S/c1-7-2-3-9(12)10(4-7)16-19(17,18)8-5-14-11(13)15-6-8/h2-6,16H,1H3. The van der Waals surface area contributed by atoms with Gasteiger partial charge in [-0.1, -0.05) is 17.7 Å². The highest BCUT2D eigenvalue weighted by Gasteiger charge is 2.16. The number of hydrogen-bond donors (Lipinski definition) is 1. The van der Waals surface area contributed by atoms with Crippen molar-refractivity contribution in [1.29, 1.82) is 0 Å². The Labute approximate surface area is 120 Å². The summed E-state index contributed by atoms with van der Waals surface area (Å²) in [6, 6.07) is 5.04. The van der Waals surface area contributed by atoms with E-state index in [1.807, 2.05) is 6.92 Å². The van der Waals surface area contributed by atoms with Gasteiger partial charge in [0.25, 0.3) is 10.0 Å². The molecule has 5 nitrogen and oxygen atoms in total. The third-order valence-electron chi connectivity index (χ3n) is 2.27. The molecule has 0 aliphatic rings. The second-order valence-electron chi connectivity index (χ2n) is 3.78. The maximum absolute atomic E-state index is 12.1. The number of hydrogen-bond acceptors (Lipinski definition) is 4. The van der Waals surface area contributed by atoms with Crippen molar-refractivity contribution in [3.05, 3.63) is 46.5 Å². The summed E-state index contributed by atoms with van der Waals surface area (Å²) in [5.41, 5.74) is 1.19. The lowest BCUT2D eigenvalue weighted by Gasteiger charge is -2.09. The summed E-state index contributed by atoms with van der Waals surface area (Å²) in [5.74, 6) is 0. The van der Waals surface area contributed by atoms with E-state index in [2.05, 4.69) is 14.7 Å². The number of sulfonamides is 1. The predicted octanol–water partition coefficient (Wildman–Crippen LogP) is 2.89. The first-order chi connectivity index (χ1) is 8.88. The molecule has 1 N–H and O–H groups in total. The average Bonchev–Trinajstić information content (AvgIpc) is 2.34. The molecule has 1 heterocycles. The molecule has 0 spiro atoms. The van der Waals surface area contributed by atoms with Crippen LogP contribution in [0.2, 0.25) is 10.3 Å². The van der Waals surface area contributed by atoms with Crippen LogP contribution in [0.1, 0.15) is 5.56 Å². The maximum Gasteiger partial charge on any atom is 0.265 e. The molecule has 0 fully saturated rings. The maximum atomic E-state index is 12.1. The molecule has 1 aromatic carbocycles. The van der Waals surface area contributed by atoms with Crippen molar-refractivity contribution in [2.24, 2.45) is 0 Å². The molecular weight excluding hydrogens is 309 g/mol. The van der Waals surface area contributed by atoms with Crippen LogP contribution in [0.15, 0.2) is 35.5 Å². The van der Waals surface area contributed by atoms with Crippen LogP contribution in [0, 0.1) is 6.92 Å². The van der Waals surface area contributed by atoms with Gasteiger partial charge in [0.1, 0.15) is 4.90 Å². The minimum Gasteiger partial charge on any atom is -0.278 e. The zero-order valence-electron chi connectivity index (χ0n) is 9.76. The van der Waals surface area contributed by atoms with Crippen molar-refractivity contribution in [3.63, 3.8) is 0 Å². The fraction of sp³-hybridized carbons (Fsp3) is 0.0909. The Morgan fingerprint density at radius 3 is 2.42 bits per heavy atom. The Balaban J connectivity index is 2.36. The van der Waals surface area contributed by atoms with Crippen LogP contribution in [-0.2, 0) is 10.0 Å². The summed E-state index contributed by atoms with van der Waals surface area (Å²) in [6.45, 7) is 1.83. The van der Waals surface area contributed by atoms with E-state index in [1.54, 1.807) is 18.2 Å². The fourth-order valence-corrected chi connectivity index (χ4v) is 2.64. The molecule has 1 aromatic heterocycles. The minimum absolute atomic E-state index is 0.0208. The van der Waals surface area contributed by atoms with Crippen LogP contribution in [0.3, 0.4) is 0 Å². The Bertz CT molecular complexity index is 702. The predicted molar refractivity (Wildman–Crippen MR) is 74.0 cm³/mol. The molecule has 2 aromatic rings. The lowest BCUT2D eigenvalue weighted by molar-refractivity contribution is 0.600. The van der Waals surface area contributed by atoms with Gasteiger partial charge < -0.3 is 0 Å². The summed E-state index contributed by atoms with van der Waals surface area (Å²) < 4.78 is 26.5. The molecule has 0 aliphatic heterocycles. The molecule has 8 heteroatoms. The van der Waals surface area contributed by atoms with Gasteiger partial charge in [0, 0.05) is 0 Å². The molecule has 0 bridgehead atoms. The van der Waals surface area contributed by atoms with E-state index in [9.17, 15) is 8.42 Å². The third-order valence-corrected chi connectivity index (χ3v) is 4.12. The second-order valence-corrected chi connectivity index (χ2v) is 6.20. The average molecular weight is 318 g/mol. The number of aromatic nitrogens is 2. The van der Waals surface area contributed by atoms with E-state index in [0.717, 1.165) is 18.0 Å². The first-order valence-electron chi connectivity index (χ1n) is 5.15. The zero-order chi connectivity index (χ0) is 14.0. The molecule has 0 saturated carbocycles. The Morgan fingerprint density at radius 1 is 1.16 bits per heavy atom. The number of rotatable bonds is 3. The summed E-state index contributed by atoms with van der Waals surface area (Å²) in [4.78, 5) is 7.17.